The fourth-order valence-corrected chi connectivity index (χ4v) is 1.68. The minimum Gasteiger partial charge on any atom is -0.310 e. The fourth-order valence-electron chi connectivity index (χ4n) is 1.68. The smallest absolute Gasteiger partial charge is 0.230 e. The molecule has 0 unspecified atom stereocenters. The topological polar surface area (TPSA) is 42.0 Å². The first-order valence-corrected chi connectivity index (χ1v) is 4.46. The van der Waals surface area contributed by atoms with E-state index < -0.39 is 0 Å². The molecule has 1 aliphatic heterocycles. The van der Waals surface area contributed by atoms with Gasteiger partial charge in [-0.3, -0.25) is 4.79 Å². The van der Waals surface area contributed by atoms with Crippen LogP contribution in [-0.4, -0.2) is 10.9 Å². The zero-order valence-electron chi connectivity index (χ0n) is 7.79. The summed E-state index contributed by atoms with van der Waals surface area (Å²) < 4.78 is 0. The molecule has 68 valence electrons. The largest absolute Gasteiger partial charge is 0.310 e. The highest BCUT2D eigenvalue weighted by atomic mass is 16.1. The summed E-state index contributed by atoms with van der Waals surface area (Å²) in [5.74, 6) is 1.25. The molecule has 3 nitrogen and oxygen atoms in total. The third-order valence-corrected chi connectivity index (χ3v) is 2.31. The van der Waals surface area contributed by atoms with Crippen molar-refractivity contribution in [1.29, 1.82) is 0 Å². The highest BCUT2D eigenvalue weighted by Crippen LogP contribution is 2.28. The lowest BCUT2D eigenvalue weighted by Crippen LogP contribution is -2.04. The van der Waals surface area contributed by atoms with Crippen LogP contribution in [-0.2, 0) is 11.2 Å². The van der Waals surface area contributed by atoms with Gasteiger partial charge >= 0.3 is 0 Å². The second-order valence-corrected chi connectivity index (χ2v) is 3.61. The molecule has 0 bridgehead atoms. The van der Waals surface area contributed by atoms with E-state index in [1.807, 2.05) is 6.07 Å². The molecule has 0 radical (unpaired) electrons. The summed E-state index contributed by atoms with van der Waals surface area (Å²) in [5.41, 5.74) is 2.30. The second kappa shape index (κ2) is 2.83. The van der Waals surface area contributed by atoms with Crippen molar-refractivity contribution in [3.05, 3.63) is 23.4 Å². The Bertz CT molecular complexity index is 358. The van der Waals surface area contributed by atoms with Crippen molar-refractivity contribution in [2.75, 3.05) is 5.32 Å². The molecule has 2 heterocycles. The van der Waals surface area contributed by atoms with E-state index in [9.17, 15) is 4.79 Å². The maximum absolute atomic E-state index is 11.1. The van der Waals surface area contributed by atoms with Gasteiger partial charge in [0.25, 0.3) is 0 Å². The Morgan fingerprint density at radius 3 is 3.00 bits per heavy atom. The van der Waals surface area contributed by atoms with Crippen molar-refractivity contribution in [2.45, 2.75) is 26.2 Å². The normalized spacial score (nSPS) is 14.5. The summed E-state index contributed by atoms with van der Waals surface area (Å²) in [6.45, 7) is 4.25. The van der Waals surface area contributed by atoms with Crippen LogP contribution >= 0.6 is 0 Å². The average Bonchev–Trinajstić information content (AvgIpc) is 2.43. The molecule has 0 fully saturated rings. The SMILES string of the molecule is CC(C)c1ccnc2c1CC(=O)N2. The summed E-state index contributed by atoms with van der Waals surface area (Å²) >= 11 is 0. The summed E-state index contributed by atoms with van der Waals surface area (Å²) in [6, 6.07) is 1.99. The van der Waals surface area contributed by atoms with Gasteiger partial charge in [0.05, 0.1) is 6.42 Å². The van der Waals surface area contributed by atoms with Crippen molar-refractivity contribution < 1.29 is 4.79 Å². The van der Waals surface area contributed by atoms with Crippen molar-refractivity contribution in [2.24, 2.45) is 0 Å². The number of anilines is 1. The Balaban J connectivity index is 2.51. The van der Waals surface area contributed by atoms with Crippen LogP contribution in [0.4, 0.5) is 5.82 Å². The van der Waals surface area contributed by atoms with Gasteiger partial charge < -0.3 is 5.32 Å². The van der Waals surface area contributed by atoms with Gasteiger partial charge in [0.2, 0.25) is 5.91 Å². The summed E-state index contributed by atoms with van der Waals surface area (Å²) in [5, 5.41) is 2.74. The zero-order chi connectivity index (χ0) is 9.42. The van der Waals surface area contributed by atoms with Crippen LogP contribution in [0.5, 0.6) is 0 Å². The molecule has 2 rings (SSSR count). The van der Waals surface area contributed by atoms with Crippen molar-refractivity contribution in [3.8, 4) is 0 Å². The molecule has 0 aliphatic carbocycles. The lowest BCUT2D eigenvalue weighted by Gasteiger charge is -2.08. The fraction of sp³-hybridized carbons (Fsp3) is 0.400. The number of fused-ring (bicyclic) bond motifs is 1. The molecular formula is C10H12N2O. The van der Waals surface area contributed by atoms with Gasteiger partial charge in [-0.05, 0) is 17.5 Å². The van der Waals surface area contributed by atoms with E-state index >= 15 is 0 Å². The van der Waals surface area contributed by atoms with Gasteiger partial charge in [-0.15, -0.1) is 0 Å². The van der Waals surface area contributed by atoms with Gasteiger partial charge in [-0.2, -0.15) is 0 Å². The molecule has 13 heavy (non-hydrogen) atoms. The Morgan fingerprint density at radius 2 is 2.31 bits per heavy atom. The highest BCUT2D eigenvalue weighted by Gasteiger charge is 2.22. The minimum absolute atomic E-state index is 0.0515. The summed E-state index contributed by atoms with van der Waals surface area (Å²) in [6.07, 6.45) is 2.23. The predicted molar refractivity (Wildman–Crippen MR) is 50.7 cm³/mol. The van der Waals surface area contributed by atoms with Crippen LogP contribution in [0.25, 0.3) is 0 Å². The van der Waals surface area contributed by atoms with Gasteiger partial charge in [0.1, 0.15) is 5.82 Å². The van der Waals surface area contributed by atoms with E-state index in [4.69, 9.17) is 0 Å². The molecule has 0 aromatic carbocycles. The monoisotopic (exact) mass is 176 g/mol. The van der Waals surface area contributed by atoms with Crippen LogP contribution in [0.3, 0.4) is 0 Å². The number of hydrogen-bond donors (Lipinski definition) is 1. The van der Waals surface area contributed by atoms with Crippen LogP contribution < -0.4 is 5.32 Å². The number of nitrogens with one attached hydrogen (secondary N) is 1. The Labute approximate surface area is 77.2 Å². The summed E-state index contributed by atoms with van der Waals surface area (Å²) in [7, 11) is 0. The minimum atomic E-state index is 0.0515. The average molecular weight is 176 g/mol. The molecule has 1 amide bonds. The quantitative estimate of drug-likeness (QED) is 0.707. The van der Waals surface area contributed by atoms with E-state index in [0.29, 0.717) is 12.3 Å². The molecule has 1 aliphatic rings. The zero-order valence-corrected chi connectivity index (χ0v) is 7.79. The highest BCUT2D eigenvalue weighted by molar-refractivity contribution is 5.98. The third kappa shape index (κ3) is 1.30. The Kier molecular flexibility index (Phi) is 1.79. The number of hydrogen-bond acceptors (Lipinski definition) is 2. The first-order chi connectivity index (χ1) is 6.18. The molecular weight excluding hydrogens is 164 g/mol. The van der Waals surface area contributed by atoms with Crippen LogP contribution in [0.2, 0.25) is 0 Å². The van der Waals surface area contributed by atoms with Gasteiger partial charge in [0.15, 0.2) is 0 Å². The van der Waals surface area contributed by atoms with Crippen LogP contribution in [0.15, 0.2) is 12.3 Å². The predicted octanol–water partition coefficient (Wildman–Crippen LogP) is 1.70. The van der Waals surface area contributed by atoms with Crippen molar-refractivity contribution >= 4 is 11.7 Å². The van der Waals surface area contributed by atoms with Gasteiger partial charge in [-0.25, -0.2) is 4.98 Å². The lowest BCUT2D eigenvalue weighted by atomic mass is 9.98. The molecule has 0 atom stereocenters. The third-order valence-electron chi connectivity index (χ3n) is 2.31. The van der Waals surface area contributed by atoms with Gasteiger partial charge in [0, 0.05) is 11.8 Å². The number of carbonyl (C=O) groups excluding carboxylic acids is 1. The molecule has 0 spiro atoms. The molecule has 0 saturated carbocycles. The Morgan fingerprint density at radius 1 is 1.54 bits per heavy atom. The van der Waals surface area contributed by atoms with Crippen LogP contribution in [0, 0.1) is 0 Å². The van der Waals surface area contributed by atoms with E-state index in [-0.39, 0.29) is 5.91 Å². The van der Waals surface area contributed by atoms with Gasteiger partial charge in [-0.1, -0.05) is 13.8 Å². The number of nitrogens with zero attached hydrogens (tertiary/aromatic N) is 1. The maximum Gasteiger partial charge on any atom is 0.230 e. The van der Waals surface area contributed by atoms with E-state index in [1.165, 1.54) is 5.56 Å². The summed E-state index contributed by atoms with van der Waals surface area (Å²) in [4.78, 5) is 15.2. The molecule has 1 aromatic heterocycles. The Hall–Kier alpha value is -1.38. The second-order valence-electron chi connectivity index (χ2n) is 3.61. The van der Waals surface area contributed by atoms with Crippen molar-refractivity contribution in [3.63, 3.8) is 0 Å². The van der Waals surface area contributed by atoms with E-state index in [0.717, 1.165) is 11.4 Å². The molecule has 3 heteroatoms. The number of carbonyl (C=O) groups is 1. The molecule has 0 saturated heterocycles. The molecule has 1 N–H and O–H groups in total. The maximum atomic E-state index is 11.1. The number of amides is 1. The number of aromatic nitrogens is 1. The number of rotatable bonds is 1. The number of pyridine rings is 1. The molecule has 1 aromatic rings. The van der Waals surface area contributed by atoms with Crippen LogP contribution in [0.1, 0.15) is 30.9 Å². The van der Waals surface area contributed by atoms with E-state index in [2.05, 4.69) is 24.1 Å². The first-order valence-electron chi connectivity index (χ1n) is 4.46. The van der Waals surface area contributed by atoms with E-state index in [1.54, 1.807) is 6.20 Å². The first kappa shape index (κ1) is 8.23. The standard InChI is InChI=1S/C10H12N2O/c1-6(2)7-3-4-11-10-8(7)5-9(13)12-10/h3-4,6H,5H2,1-2H3,(H,11,12,13). The van der Waals surface area contributed by atoms with Crippen molar-refractivity contribution in [1.82, 2.24) is 4.98 Å². The lowest BCUT2D eigenvalue weighted by molar-refractivity contribution is -0.115.